The molecule has 1 unspecified atom stereocenters. The minimum Gasteiger partial charge on any atom is -0.463 e. The van der Waals surface area contributed by atoms with Gasteiger partial charge in [0.05, 0.1) is 138 Å². The zero-order chi connectivity index (χ0) is 32.0. The quantitative estimate of drug-likeness (QED) is 0.0781. The van der Waals surface area contributed by atoms with E-state index in [2.05, 4.69) is 12.2 Å². The van der Waals surface area contributed by atoms with E-state index in [0.717, 1.165) is 32.2 Å². The second kappa shape index (κ2) is 38.2. The number of esters is 1. The summed E-state index contributed by atoms with van der Waals surface area (Å²) in [6.45, 7) is 15.6. The summed E-state index contributed by atoms with van der Waals surface area (Å²) in [6.07, 6.45) is 3.84. The van der Waals surface area contributed by atoms with E-state index in [0.29, 0.717) is 132 Å². The second-order valence-corrected chi connectivity index (χ2v) is 9.64. The van der Waals surface area contributed by atoms with Crippen LogP contribution < -0.4 is 5.32 Å². The molecule has 0 aliphatic heterocycles. The van der Waals surface area contributed by atoms with Crippen molar-refractivity contribution in [3.63, 3.8) is 0 Å². The van der Waals surface area contributed by atoms with Gasteiger partial charge in [-0.1, -0.05) is 26.7 Å². The molecule has 0 spiro atoms. The monoisotopic (exact) mass is 641 g/mol. The average Bonchev–Trinajstić information content (AvgIpc) is 3.03. The number of likely N-dealkylation sites (N-methyl/N-ethyl adjacent to an activating group) is 1. The summed E-state index contributed by atoms with van der Waals surface area (Å²) in [5.74, 6) is -0.120. The zero-order valence-corrected chi connectivity index (χ0v) is 27.9. The van der Waals surface area contributed by atoms with Crippen molar-refractivity contribution in [2.24, 2.45) is 5.92 Å². The summed E-state index contributed by atoms with van der Waals surface area (Å²) in [4.78, 5) is 12.0. The maximum atomic E-state index is 12.0. The Hall–Kier alpha value is -0.970. The Morgan fingerprint density at radius 3 is 1.05 bits per heavy atom. The Morgan fingerprint density at radius 2 is 0.773 bits per heavy atom. The lowest BCUT2D eigenvalue weighted by atomic mass is 10.00. The van der Waals surface area contributed by atoms with Crippen LogP contribution in [0.1, 0.15) is 39.5 Å². The number of carbonyl (C=O) groups is 1. The normalized spacial score (nSPS) is 12.2. The molecule has 13 nitrogen and oxygen atoms in total. The highest BCUT2D eigenvalue weighted by molar-refractivity contribution is 5.72. The summed E-state index contributed by atoms with van der Waals surface area (Å²) in [7, 11) is 1.89. The van der Waals surface area contributed by atoms with Crippen LogP contribution in [-0.2, 0) is 56.9 Å². The summed E-state index contributed by atoms with van der Waals surface area (Å²) in [5.41, 5.74) is 0. The molecule has 0 aliphatic rings. The number of hydrogen-bond acceptors (Lipinski definition) is 13. The summed E-state index contributed by atoms with van der Waals surface area (Å²) < 4.78 is 59.8. The molecule has 0 radical (unpaired) electrons. The molecule has 0 aliphatic carbocycles. The van der Waals surface area contributed by atoms with Crippen molar-refractivity contribution in [2.45, 2.75) is 39.5 Å². The highest BCUT2D eigenvalue weighted by atomic mass is 16.6. The van der Waals surface area contributed by atoms with Gasteiger partial charge in [-0.15, -0.1) is 0 Å². The lowest BCUT2D eigenvalue weighted by Gasteiger charge is -2.13. The van der Waals surface area contributed by atoms with E-state index in [9.17, 15) is 4.79 Å². The Labute approximate surface area is 266 Å². The number of ether oxygens (including phenoxy) is 11. The topological polar surface area (TPSA) is 131 Å². The predicted molar refractivity (Wildman–Crippen MR) is 166 cm³/mol. The van der Waals surface area contributed by atoms with E-state index in [1.807, 2.05) is 14.0 Å². The lowest BCUT2D eigenvalue weighted by Crippen LogP contribution is -2.20. The number of nitrogens with one attached hydrogen (secondary N) is 1. The lowest BCUT2D eigenvalue weighted by molar-refractivity contribution is -0.150. The minimum atomic E-state index is -0.119. The molecule has 264 valence electrons. The summed E-state index contributed by atoms with van der Waals surface area (Å²) >= 11 is 0. The predicted octanol–water partition coefficient (Wildman–Crippen LogP) is 2.13. The third kappa shape index (κ3) is 33.9. The Morgan fingerprint density at radius 1 is 0.477 bits per heavy atom. The van der Waals surface area contributed by atoms with Crippen LogP contribution in [0.25, 0.3) is 0 Å². The SMILES string of the molecule is CCCCC(CC)C(=O)OCCOCCOCCOCCOCCOCCOCCOCCOCCOCCOCCNC. The van der Waals surface area contributed by atoms with Crippen molar-refractivity contribution in [1.29, 1.82) is 0 Å². The molecule has 0 amide bonds. The van der Waals surface area contributed by atoms with Crippen LogP contribution in [0.5, 0.6) is 0 Å². The standard InChI is InChI=1S/C31H63NO12/c1-4-6-7-30(5-2)31(33)44-29-28-43-27-26-42-25-24-41-23-22-40-21-20-39-19-18-38-17-16-37-15-14-36-13-12-35-11-10-34-9-8-32-3/h30,32H,4-29H2,1-3H3. The van der Waals surface area contributed by atoms with E-state index in [1.165, 1.54) is 0 Å². The van der Waals surface area contributed by atoms with Crippen LogP contribution in [-0.4, -0.2) is 158 Å². The van der Waals surface area contributed by atoms with Crippen molar-refractivity contribution in [3.8, 4) is 0 Å². The molecule has 0 fully saturated rings. The van der Waals surface area contributed by atoms with Gasteiger partial charge in [-0.3, -0.25) is 4.79 Å². The van der Waals surface area contributed by atoms with Crippen molar-refractivity contribution in [3.05, 3.63) is 0 Å². The molecule has 44 heavy (non-hydrogen) atoms. The first kappa shape index (κ1) is 43.0. The summed E-state index contributed by atoms with van der Waals surface area (Å²) in [5, 5.41) is 3.02. The van der Waals surface area contributed by atoms with Crippen LogP contribution in [0.3, 0.4) is 0 Å². The van der Waals surface area contributed by atoms with Crippen LogP contribution in [0.15, 0.2) is 0 Å². The molecule has 0 bridgehead atoms. The van der Waals surface area contributed by atoms with Gasteiger partial charge in [0.2, 0.25) is 0 Å². The van der Waals surface area contributed by atoms with Crippen molar-refractivity contribution < 1.29 is 56.9 Å². The third-order valence-corrected chi connectivity index (χ3v) is 6.05. The Kier molecular flexibility index (Phi) is 37.4. The van der Waals surface area contributed by atoms with Gasteiger partial charge in [-0.2, -0.15) is 0 Å². The number of unbranched alkanes of at least 4 members (excludes halogenated alkanes) is 1. The molecule has 0 heterocycles. The van der Waals surface area contributed by atoms with Gasteiger partial charge in [0.15, 0.2) is 0 Å². The maximum Gasteiger partial charge on any atom is 0.308 e. The van der Waals surface area contributed by atoms with Gasteiger partial charge in [0, 0.05) is 6.54 Å². The third-order valence-electron chi connectivity index (χ3n) is 6.05. The van der Waals surface area contributed by atoms with Crippen molar-refractivity contribution in [2.75, 3.05) is 152 Å². The maximum absolute atomic E-state index is 12.0. The molecule has 1 N–H and O–H groups in total. The first-order valence-electron chi connectivity index (χ1n) is 16.3. The zero-order valence-electron chi connectivity index (χ0n) is 27.9. The van der Waals surface area contributed by atoms with Crippen molar-refractivity contribution in [1.82, 2.24) is 5.32 Å². The molecular formula is C31H63NO12. The fourth-order valence-corrected chi connectivity index (χ4v) is 3.51. The van der Waals surface area contributed by atoms with Gasteiger partial charge < -0.3 is 57.4 Å². The highest BCUT2D eigenvalue weighted by Crippen LogP contribution is 2.14. The van der Waals surface area contributed by atoms with E-state index >= 15 is 0 Å². The van der Waals surface area contributed by atoms with Gasteiger partial charge in [-0.25, -0.2) is 0 Å². The molecule has 0 saturated heterocycles. The number of hydrogen-bond donors (Lipinski definition) is 1. The molecular weight excluding hydrogens is 578 g/mol. The molecule has 0 aromatic carbocycles. The van der Waals surface area contributed by atoms with Crippen LogP contribution >= 0.6 is 0 Å². The van der Waals surface area contributed by atoms with Gasteiger partial charge in [0.1, 0.15) is 6.61 Å². The largest absolute Gasteiger partial charge is 0.463 e. The van der Waals surface area contributed by atoms with Gasteiger partial charge >= 0.3 is 5.97 Å². The molecule has 13 heteroatoms. The van der Waals surface area contributed by atoms with Gasteiger partial charge in [0.25, 0.3) is 0 Å². The smallest absolute Gasteiger partial charge is 0.308 e. The van der Waals surface area contributed by atoms with E-state index in [1.54, 1.807) is 0 Å². The first-order chi connectivity index (χ1) is 21.8. The molecule has 0 rings (SSSR count). The van der Waals surface area contributed by atoms with E-state index in [4.69, 9.17) is 52.1 Å². The number of carbonyl (C=O) groups excluding carboxylic acids is 1. The Balaban J connectivity index is 3.14. The fourth-order valence-electron chi connectivity index (χ4n) is 3.51. The van der Waals surface area contributed by atoms with Crippen LogP contribution in [0, 0.1) is 5.92 Å². The average molecular weight is 642 g/mol. The highest BCUT2D eigenvalue weighted by Gasteiger charge is 2.16. The molecule has 0 saturated carbocycles. The number of rotatable bonds is 38. The van der Waals surface area contributed by atoms with E-state index in [-0.39, 0.29) is 18.5 Å². The fraction of sp³-hybridized carbons (Fsp3) is 0.968. The van der Waals surface area contributed by atoms with Crippen LogP contribution in [0.4, 0.5) is 0 Å². The van der Waals surface area contributed by atoms with Crippen molar-refractivity contribution >= 4 is 5.97 Å². The molecule has 0 aromatic heterocycles. The molecule has 1 atom stereocenters. The van der Waals surface area contributed by atoms with Gasteiger partial charge in [-0.05, 0) is 19.9 Å². The first-order valence-corrected chi connectivity index (χ1v) is 16.3. The second-order valence-electron chi connectivity index (χ2n) is 9.64. The minimum absolute atomic E-state index is 0.00138. The summed E-state index contributed by atoms with van der Waals surface area (Å²) in [6, 6.07) is 0. The van der Waals surface area contributed by atoms with E-state index < -0.39 is 0 Å². The Bertz CT molecular complexity index is 562. The molecule has 0 aromatic rings. The van der Waals surface area contributed by atoms with Crippen LogP contribution in [0.2, 0.25) is 0 Å².